The van der Waals surface area contributed by atoms with Crippen LogP contribution in [0.3, 0.4) is 0 Å². The molecule has 0 spiro atoms. The molecule has 2 aromatic rings. The van der Waals surface area contributed by atoms with E-state index in [-0.39, 0.29) is 5.78 Å². The number of carboxylic acids is 1. The minimum absolute atomic E-state index is 0.0220. The Hall–Kier alpha value is -2.68. The molecule has 3 nitrogen and oxygen atoms in total. The van der Waals surface area contributed by atoms with E-state index in [0.717, 1.165) is 22.8 Å². The molecule has 2 rings (SSSR count). The summed E-state index contributed by atoms with van der Waals surface area (Å²) in [5.41, 5.74) is 3.34. The van der Waals surface area contributed by atoms with Crippen molar-refractivity contribution in [3.05, 3.63) is 65.7 Å². The molecule has 0 amide bonds. The molecule has 0 aliphatic heterocycles. The molecule has 0 aliphatic rings. The number of carbonyl (C=O) groups excluding carboxylic acids is 1. The maximum absolute atomic E-state index is 11.4. The molecule has 20 heavy (non-hydrogen) atoms. The van der Waals surface area contributed by atoms with Crippen molar-refractivity contribution in [1.82, 2.24) is 0 Å². The second-order valence-electron chi connectivity index (χ2n) is 4.43. The number of rotatable bonds is 4. The molecule has 1 N–H and O–H groups in total. The molecule has 3 heteroatoms. The van der Waals surface area contributed by atoms with Crippen molar-refractivity contribution in [2.24, 2.45) is 0 Å². The van der Waals surface area contributed by atoms with Crippen molar-refractivity contribution in [1.29, 1.82) is 0 Å². The monoisotopic (exact) mass is 266 g/mol. The van der Waals surface area contributed by atoms with Crippen LogP contribution in [-0.2, 0) is 4.79 Å². The number of benzene rings is 2. The van der Waals surface area contributed by atoms with Gasteiger partial charge in [-0.2, -0.15) is 0 Å². The summed E-state index contributed by atoms with van der Waals surface area (Å²) in [6.07, 6.45) is 2.64. The third-order valence-corrected chi connectivity index (χ3v) is 2.91. The van der Waals surface area contributed by atoms with Gasteiger partial charge in [-0.3, -0.25) is 4.79 Å². The maximum atomic E-state index is 11.4. The minimum Gasteiger partial charge on any atom is -0.478 e. The van der Waals surface area contributed by atoms with Crippen LogP contribution in [0.4, 0.5) is 0 Å². The first-order chi connectivity index (χ1) is 9.56. The molecule has 0 unspecified atom stereocenters. The van der Waals surface area contributed by atoms with Gasteiger partial charge in [0.1, 0.15) is 0 Å². The van der Waals surface area contributed by atoms with Gasteiger partial charge < -0.3 is 5.11 Å². The van der Waals surface area contributed by atoms with Gasteiger partial charge in [-0.05, 0) is 41.8 Å². The van der Waals surface area contributed by atoms with Gasteiger partial charge in [0, 0.05) is 11.6 Å². The van der Waals surface area contributed by atoms with E-state index < -0.39 is 5.97 Å². The fraction of sp³-hybridized carbons (Fsp3) is 0.0588. The van der Waals surface area contributed by atoms with Crippen molar-refractivity contribution in [3.8, 4) is 11.1 Å². The molecule has 0 aromatic heterocycles. The zero-order valence-electron chi connectivity index (χ0n) is 11.0. The zero-order valence-corrected chi connectivity index (χ0v) is 11.0. The van der Waals surface area contributed by atoms with Crippen LogP contribution in [-0.4, -0.2) is 16.9 Å². The second kappa shape index (κ2) is 5.97. The SMILES string of the molecule is CC(=O)c1cccc(-c2cccc(/C=C/C(=O)O)c2)c1. The highest BCUT2D eigenvalue weighted by Crippen LogP contribution is 2.22. The number of hydrogen-bond acceptors (Lipinski definition) is 2. The first-order valence-corrected chi connectivity index (χ1v) is 6.19. The number of carbonyl (C=O) groups is 2. The Morgan fingerprint density at radius 2 is 1.65 bits per heavy atom. The highest BCUT2D eigenvalue weighted by molar-refractivity contribution is 5.95. The topological polar surface area (TPSA) is 54.4 Å². The van der Waals surface area contributed by atoms with Gasteiger partial charge in [-0.15, -0.1) is 0 Å². The van der Waals surface area contributed by atoms with Crippen LogP contribution in [0.5, 0.6) is 0 Å². The molecule has 2 aromatic carbocycles. The van der Waals surface area contributed by atoms with E-state index in [1.165, 1.54) is 6.92 Å². The summed E-state index contributed by atoms with van der Waals surface area (Å²) in [6, 6.07) is 14.9. The highest BCUT2D eigenvalue weighted by Gasteiger charge is 2.03. The number of aliphatic carboxylic acids is 1. The highest BCUT2D eigenvalue weighted by atomic mass is 16.4. The summed E-state index contributed by atoms with van der Waals surface area (Å²) in [5.74, 6) is -0.956. The average Bonchev–Trinajstić information content (AvgIpc) is 2.45. The van der Waals surface area contributed by atoms with Crippen molar-refractivity contribution in [2.45, 2.75) is 6.92 Å². The Morgan fingerprint density at radius 3 is 2.30 bits per heavy atom. The first-order valence-electron chi connectivity index (χ1n) is 6.19. The summed E-state index contributed by atoms with van der Waals surface area (Å²) < 4.78 is 0. The Balaban J connectivity index is 2.38. The third kappa shape index (κ3) is 3.42. The van der Waals surface area contributed by atoms with E-state index in [4.69, 9.17) is 5.11 Å². The van der Waals surface area contributed by atoms with Gasteiger partial charge in [0.15, 0.2) is 5.78 Å². The molecule has 0 bridgehead atoms. The molecule has 0 saturated carbocycles. The van der Waals surface area contributed by atoms with Crippen LogP contribution < -0.4 is 0 Å². The lowest BCUT2D eigenvalue weighted by Crippen LogP contribution is -1.91. The molecule has 0 fully saturated rings. The van der Waals surface area contributed by atoms with Gasteiger partial charge in [-0.1, -0.05) is 36.4 Å². The third-order valence-electron chi connectivity index (χ3n) is 2.91. The molecule has 0 radical (unpaired) electrons. The molecule has 0 atom stereocenters. The molecule has 0 aliphatic carbocycles. The standard InChI is InChI=1S/C17H14O3/c1-12(18)14-5-3-7-16(11-14)15-6-2-4-13(10-15)8-9-17(19)20/h2-11H,1H3,(H,19,20)/b9-8+. The Labute approximate surface area is 117 Å². The smallest absolute Gasteiger partial charge is 0.328 e. The Morgan fingerprint density at radius 1 is 1.00 bits per heavy atom. The van der Waals surface area contributed by atoms with Crippen LogP contribution in [0.1, 0.15) is 22.8 Å². The molecule has 100 valence electrons. The van der Waals surface area contributed by atoms with Gasteiger partial charge in [-0.25, -0.2) is 4.79 Å². The van der Waals surface area contributed by atoms with Gasteiger partial charge in [0.25, 0.3) is 0 Å². The normalized spacial score (nSPS) is 10.7. The summed E-state index contributed by atoms with van der Waals surface area (Å²) in [7, 11) is 0. The Kier molecular flexibility index (Phi) is 4.11. The summed E-state index contributed by atoms with van der Waals surface area (Å²) in [6.45, 7) is 1.53. The van der Waals surface area contributed by atoms with Crippen LogP contribution in [0.15, 0.2) is 54.6 Å². The predicted octanol–water partition coefficient (Wildman–Crippen LogP) is 3.65. The largest absolute Gasteiger partial charge is 0.478 e. The van der Waals surface area contributed by atoms with Gasteiger partial charge in [0.2, 0.25) is 0 Å². The van der Waals surface area contributed by atoms with E-state index in [0.29, 0.717) is 5.56 Å². The van der Waals surface area contributed by atoms with E-state index in [2.05, 4.69) is 0 Å². The maximum Gasteiger partial charge on any atom is 0.328 e. The first kappa shape index (κ1) is 13.7. The van der Waals surface area contributed by atoms with Crippen LogP contribution in [0, 0.1) is 0 Å². The molecule has 0 saturated heterocycles. The quantitative estimate of drug-likeness (QED) is 0.678. The fourth-order valence-electron chi connectivity index (χ4n) is 1.91. The number of carboxylic acid groups (broad SMARTS) is 1. The number of Topliss-reactive ketones (excluding diaryl/α,β-unsaturated/α-hetero) is 1. The van der Waals surface area contributed by atoms with Crippen molar-refractivity contribution < 1.29 is 14.7 Å². The predicted molar refractivity (Wildman–Crippen MR) is 78.6 cm³/mol. The van der Waals surface area contributed by atoms with Crippen molar-refractivity contribution in [3.63, 3.8) is 0 Å². The van der Waals surface area contributed by atoms with E-state index in [1.54, 1.807) is 12.1 Å². The lowest BCUT2D eigenvalue weighted by Gasteiger charge is -2.04. The van der Waals surface area contributed by atoms with Gasteiger partial charge >= 0.3 is 5.97 Å². The van der Waals surface area contributed by atoms with E-state index in [1.807, 2.05) is 42.5 Å². The van der Waals surface area contributed by atoms with Crippen molar-refractivity contribution in [2.75, 3.05) is 0 Å². The zero-order chi connectivity index (χ0) is 14.5. The summed E-state index contributed by atoms with van der Waals surface area (Å²) in [5, 5.41) is 8.63. The summed E-state index contributed by atoms with van der Waals surface area (Å²) >= 11 is 0. The Bertz CT molecular complexity index is 684. The number of hydrogen-bond donors (Lipinski definition) is 1. The lowest BCUT2D eigenvalue weighted by molar-refractivity contribution is -0.131. The summed E-state index contributed by atoms with van der Waals surface area (Å²) in [4.78, 5) is 21.9. The van der Waals surface area contributed by atoms with Crippen LogP contribution in [0.2, 0.25) is 0 Å². The molecule has 0 heterocycles. The van der Waals surface area contributed by atoms with Gasteiger partial charge in [0.05, 0.1) is 0 Å². The second-order valence-corrected chi connectivity index (χ2v) is 4.43. The minimum atomic E-state index is -0.978. The van der Waals surface area contributed by atoms with Crippen LogP contribution in [0.25, 0.3) is 17.2 Å². The van der Waals surface area contributed by atoms with E-state index in [9.17, 15) is 9.59 Å². The van der Waals surface area contributed by atoms with E-state index >= 15 is 0 Å². The average molecular weight is 266 g/mol. The fourth-order valence-corrected chi connectivity index (χ4v) is 1.91. The molecular weight excluding hydrogens is 252 g/mol. The molecular formula is C17H14O3. The number of ketones is 1. The van der Waals surface area contributed by atoms with Crippen molar-refractivity contribution >= 4 is 17.8 Å². The van der Waals surface area contributed by atoms with Crippen LogP contribution >= 0.6 is 0 Å². The lowest BCUT2D eigenvalue weighted by atomic mass is 10.00.